The van der Waals surface area contributed by atoms with Crippen molar-refractivity contribution in [2.45, 2.75) is 19.8 Å². The van der Waals surface area contributed by atoms with E-state index in [4.69, 9.17) is 17.3 Å². The standard InChI is InChI=1S/C13H18ClFN2O/c1-2-5-17-13(18)10(8-16)6-9-3-4-12(15)11(14)7-9/h3-4,7,10H,2,5-6,8,16H2,1H3,(H,17,18). The zero-order valence-corrected chi connectivity index (χ0v) is 11.1. The van der Waals surface area contributed by atoms with Gasteiger partial charge in [0.1, 0.15) is 5.82 Å². The molecule has 0 saturated heterocycles. The van der Waals surface area contributed by atoms with Crippen LogP contribution in [-0.4, -0.2) is 19.0 Å². The van der Waals surface area contributed by atoms with Gasteiger partial charge < -0.3 is 11.1 Å². The van der Waals surface area contributed by atoms with Gasteiger partial charge >= 0.3 is 0 Å². The van der Waals surface area contributed by atoms with Gasteiger partial charge in [-0.2, -0.15) is 0 Å². The number of nitrogens with two attached hydrogens (primary N) is 1. The molecular weight excluding hydrogens is 255 g/mol. The number of benzene rings is 1. The summed E-state index contributed by atoms with van der Waals surface area (Å²) in [5, 5.41) is 2.87. The van der Waals surface area contributed by atoms with Crippen molar-refractivity contribution in [2.24, 2.45) is 11.7 Å². The average molecular weight is 273 g/mol. The van der Waals surface area contributed by atoms with E-state index in [0.29, 0.717) is 13.0 Å². The molecule has 100 valence electrons. The molecule has 0 heterocycles. The first-order valence-corrected chi connectivity index (χ1v) is 6.38. The van der Waals surface area contributed by atoms with E-state index in [1.165, 1.54) is 12.1 Å². The molecule has 3 N–H and O–H groups in total. The van der Waals surface area contributed by atoms with Crippen LogP contribution in [0.1, 0.15) is 18.9 Å². The molecule has 1 aromatic rings. The smallest absolute Gasteiger partial charge is 0.224 e. The third-order valence-corrected chi connectivity index (χ3v) is 2.96. The minimum absolute atomic E-state index is 0.0669. The highest BCUT2D eigenvalue weighted by Gasteiger charge is 2.17. The SMILES string of the molecule is CCCNC(=O)C(CN)Cc1ccc(F)c(Cl)c1. The molecule has 0 bridgehead atoms. The van der Waals surface area contributed by atoms with Gasteiger partial charge in [-0.1, -0.05) is 24.6 Å². The number of carbonyl (C=O) groups is 1. The van der Waals surface area contributed by atoms with Crippen molar-refractivity contribution >= 4 is 17.5 Å². The number of carbonyl (C=O) groups excluding carboxylic acids is 1. The van der Waals surface area contributed by atoms with Crippen LogP contribution in [0.25, 0.3) is 0 Å². The zero-order valence-electron chi connectivity index (χ0n) is 10.4. The molecule has 5 heteroatoms. The summed E-state index contributed by atoms with van der Waals surface area (Å²) in [5.74, 6) is -0.835. The molecule has 0 aliphatic rings. The lowest BCUT2D eigenvalue weighted by Gasteiger charge is -2.14. The van der Waals surface area contributed by atoms with Crippen LogP contribution < -0.4 is 11.1 Å². The topological polar surface area (TPSA) is 55.1 Å². The Labute approximate surface area is 112 Å². The van der Waals surface area contributed by atoms with Gasteiger partial charge in [-0.15, -0.1) is 0 Å². The molecule has 0 saturated carbocycles. The summed E-state index contributed by atoms with van der Waals surface area (Å²) in [7, 11) is 0. The summed E-state index contributed by atoms with van der Waals surface area (Å²) in [4.78, 5) is 11.8. The number of rotatable bonds is 6. The van der Waals surface area contributed by atoms with E-state index in [0.717, 1.165) is 12.0 Å². The summed E-state index contributed by atoms with van der Waals surface area (Å²) in [6, 6.07) is 4.46. The highest BCUT2D eigenvalue weighted by Crippen LogP contribution is 2.18. The summed E-state index contributed by atoms with van der Waals surface area (Å²) in [6.45, 7) is 2.88. The predicted molar refractivity (Wildman–Crippen MR) is 71.0 cm³/mol. The maximum Gasteiger partial charge on any atom is 0.224 e. The predicted octanol–water partition coefficient (Wildman–Crippen LogP) is 2.12. The molecule has 1 amide bonds. The third kappa shape index (κ3) is 4.27. The van der Waals surface area contributed by atoms with Gasteiger partial charge in [0.25, 0.3) is 0 Å². The summed E-state index contributed by atoms with van der Waals surface area (Å²) >= 11 is 5.70. The molecule has 0 aliphatic carbocycles. The Morgan fingerprint density at radius 2 is 2.28 bits per heavy atom. The van der Waals surface area contributed by atoms with E-state index in [-0.39, 0.29) is 23.4 Å². The van der Waals surface area contributed by atoms with Crippen LogP contribution in [0, 0.1) is 11.7 Å². The lowest BCUT2D eigenvalue weighted by molar-refractivity contribution is -0.124. The summed E-state index contributed by atoms with van der Waals surface area (Å²) < 4.78 is 13.0. The van der Waals surface area contributed by atoms with Crippen LogP contribution in [0.4, 0.5) is 4.39 Å². The fourth-order valence-electron chi connectivity index (χ4n) is 1.63. The fourth-order valence-corrected chi connectivity index (χ4v) is 1.83. The van der Waals surface area contributed by atoms with Gasteiger partial charge in [0, 0.05) is 13.1 Å². The number of hydrogen-bond donors (Lipinski definition) is 2. The van der Waals surface area contributed by atoms with Crippen molar-refractivity contribution in [1.29, 1.82) is 0 Å². The van der Waals surface area contributed by atoms with E-state index in [9.17, 15) is 9.18 Å². The quantitative estimate of drug-likeness (QED) is 0.833. The Morgan fingerprint density at radius 3 is 2.83 bits per heavy atom. The van der Waals surface area contributed by atoms with Gasteiger partial charge in [0.15, 0.2) is 0 Å². The molecule has 0 aromatic heterocycles. The minimum atomic E-state index is -0.458. The molecular formula is C13H18ClFN2O. The number of hydrogen-bond acceptors (Lipinski definition) is 2. The molecule has 0 spiro atoms. The van der Waals surface area contributed by atoms with Crippen LogP contribution in [0.15, 0.2) is 18.2 Å². The van der Waals surface area contributed by atoms with Crippen molar-refractivity contribution in [3.05, 3.63) is 34.6 Å². The van der Waals surface area contributed by atoms with Crippen molar-refractivity contribution in [3.8, 4) is 0 Å². The van der Waals surface area contributed by atoms with Crippen LogP contribution in [0.2, 0.25) is 5.02 Å². The molecule has 18 heavy (non-hydrogen) atoms. The van der Waals surface area contributed by atoms with Gasteiger partial charge in [-0.25, -0.2) is 4.39 Å². The Bertz CT molecular complexity index is 412. The first-order valence-electron chi connectivity index (χ1n) is 6.00. The fraction of sp³-hybridized carbons (Fsp3) is 0.462. The Morgan fingerprint density at radius 1 is 1.56 bits per heavy atom. The largest absolute Gasteiger partial charge is 0.356 e. The molecule has 1 unspecified atom stereocenters. The number of nitrogens with one attached hydrogen (secondary N) is 1. The maximum atomic E-state index is 13.0. The van der Waals surface area contributed by atoms with Crippen molar-refractivity contribution in [2.75, 3.05) is 13.1 Å². The van der Waals surface area contributed by atoms with Crippen LogP contribution >= 0.6 is 11.6 Å². The molecule has 0 radical (unpaired) electrons. The van der Waals surface area contributed by atoms with E-state index in [1.807, 2.05) is 6.92 Å². The highest BCUT2D eigenvalue weighted by atomic mass is 35.5. The van der Waals surface area contributed by atoms with Crippen LogP contribution in [0.3, 0.4) is 0 Å². The van der Waals surface area contributed by atoms with E-state index >= 15 is 0 Å². The van der Waals surface area contributed by atoms with Crippen molar-refractivity contribution in [3.63, 3.8) is 0 Å². The van der Waals surface area contributed by atoms with Crippen LogP contribution in [-0.2, 0) is 11.2 Å². The second-order valence-corrected chi connectivity index (χ2v) is 4.58. The van der Waals surface area contributed by atoms with E-state index in [1.54, 1.807) is 6.07 Å². The molecule has 0 fully saturated rings. The third-order valence-electron chi connectivity index (χ3n) is 2.67. The Balaban J connectivity index is 2.67. The minimum Gasteiger partial charge on any atom is -0.356 e. The highest BCUT2D eigenvalue weighted by molar-refractivity contribution is 6.30. The monoisotopic (exact) mass is 272 g/mol. The molecule has 1 aromatic carbocycles. The second-order valence-electron chi connectivity index (χ2n) is 4.18. The number of amides is 1. The van der Waals surface area contributed by atoms with E-state index < -0.39 is 5.82 Å². The van der Waals surface area contributed by atoms with Crippen molar-refractivity contribution in [1.82, 2.24) is 5.32 Å². The maximum absolute atomic E-state index is 13.0. The van der Waals surface area contributed by atoms with Gasteiger partial charge in [0.2, 0.25) is 5.91 Å². The Kier molecular flexibility index (Phi) is 6.09. The average Bonchev–Trinajstić information content (AvgIpc) is 2.37. The lowest BCUT2D eigenvalue weighted by Crippen LogP contribution is -2.36. The summed E-state index contributed by atoms with van der Waals surface area (Å²) in [6.07, 6.45) is 1.34. The molecule has 3 nitrogen and oxygen atoms in total. The van der Waals surface area contributed by atoms with Gasteiger partial charge in [-0.05, 0) is 30.5 Å². The van der Waals surface area contributed by atoms with Gasteiger partial charge in [0.05, 0.1) is 10.9 Å². The zero-order chi connectivity index (χ0) is 13.5. The first kappa shape index (κ1) is 14.9. The molecule has 1 atom stereocenters. The van der Waals surface area contributed by atoms with E-state index in [2.05, 4.69) is 5.32 Å². The first-order chi connectivity index (χ1) is 8.58. The van der Waals surface area contributed by atoms with Crippen LogP contribution in [0.5, 0.6) is 0 Å². The van der Waals surface area contributed by atoms with Gasteiger partial charge in [-0.3, -0.25) is 4.79 Å². The molecule has 0 aliphatic heterocycles. The van der Waals surface area contributed by atoms with Crippen molar-refractivity contribution < 1.29 is 9.18 Å². The molecule has 1 rings (SSSR count). The second kappa shape index (κ2) is 7.34. The Hall–Kier alpha value is -1.13. The number of halogens is 2. The summed E-state index contributed by atoms with van der Waals surface area (Å²) in [5.41, 5.74) is 6.40. The lowest BCUT2D eigenvalue weighted by atomic mass is 9.98. The normalized spacial score (nSPS) is 12.2.